The highest BCUT2D eigenvalue weighted by Crippen LogP contribution is 2.30. The molecule has 6 heteroatoms. The third-order valence-electron chi connectivity index (χ3n) is 3.26. The lowest BCUT2D eigenvalue weighted by molar-refractivity contribution is -0.141. The number of carboxylic acids is 1. The molecule has 0 fully saturated rings. The van der Waals surface area contributed by atoms with Gasteiger partial charge in [-0.15, -0.1) is 6.58 Å². The minimum Gasteiger partial charge on any atom is -0.486 e. The number of carbonyl (C=O) groups excluding carboxylic acids is 1. The Labute approximate surface area is 128 Å². The summed E-state index contributed by atoms with van der Waals surface area (Å²) < 4.78 is 10.9. The van der Waals surface area contributed by atoms with Crippen molar-refractivity contribution in [2.45, 2.75) is 25.3 Å². The first-order valence-corrected chi connectivity index (χ1v) is 7.11. The van der Waals surface area contributed by atoms with Crippen molar-refractivity contribution in [2.75, 3.05) is 13.2 Å². The monoisotopic (exact) mass is 305 g/mol. The number of nitrogens with one attached hydrogen (secondary N) is 1. The van der Waals surface area contributed by atoms with E-state index in [0.29, 0.717) is 37.6 Å². The normalized spacial score (nSPS) is 14.0. The molecule has 0 saturated heterocycles. The molecular weight excluding hydrogens is 286 g/mol. The fourth-order valence-corrected chi connectivity index (χ4v) is 2.17. The van der Waals surface area contributed by atoms with Gasteiger partial charge in [-0.3, -0.25) is 4.79 Å². The lowest BCUT2D eigenvalue weighted by atomic mass is 10.1. The van der Waals surface area contributed by atoms with Crippen molar-refractivity contribution in [2.24, 2.45) is 0 Å². The molecule has 1 amide bonds. The quantitative estimate of drug-likeness (QED) is 0.746. The molecule has 0 radical (unpaired) electrons. The first kappa shape index (κ1) is 15.9. The Bertz CT molecular complexity index is 570. The Morgan fingerprint density at radius 1 is 1.32 bits per heavy atom. The maximum Gasteiger partial charge on any atom is 0.326 e. The van der Waals surface area contributed by atoms with Crippen LogP contribution in [0.3, 0.4) is 0 Å². The smallest absolute Gasteiger partial charge is 0.326 e. The SMILES string of the molecule is C=CCCC(NC(=O)Cc1ccc2c(c1)OCCO2)C(=O)O. The Balaban J connectivity index is 1.96. The molecule has 118 valence electrons. The Morgan fingerprint density at radius 2 is 2.05 bits per heavy atom. The second-order valence-corrected chi connectivity index (χ2v) is 4.98. The molecule has 1 aliphatic rings. The summed E-state index contributed by atoms with van der Waals surface area (Å²) in [5, 5.41) is 11.6. The van der Waals surface area contributed by atoms with Gasteiger partial charge in [-0.1, -0.05) is 12.1 Å². The molecule has 0 aromatic heterocycles. The maximum absolute atomic E-state index is 12.0. The molecule has 1 heterocycles. The average molecular weight is 305 g/mol. The van der Waals surface area contributed by atoms with Gasteiger partial charge in [-0.2, -0.15) is 0 Å². The van der Waals surface area contributed by atoms with Crippen LogP contribution in [0.2, 0.25) is 0 Å². The summed E-state index contributed by atoms with van der Waals surface area (Å²) in [7, 11) is 0. The number of carboxylic acid groups (broad SMARTS) is 1. The molecule has 6 nitrogen and oxygen atoms in total. The van der Waals surface area contributed by atoms with E-state index < -0.39 is 12.0 Å². The molecule has 1 aromatic rings. The first-order valence-electron chi connectivity index (χ1n) is 7.11. The van der Waals surface area contributed by atoms with Crippen LogP contribution in [0.5, 0.6) is 11.5 Å². The molecule has 0 aliphatic carbocycles. The first-order chi connectivity index (χ1) is 10.6. The minimum absolute atomic E-state index is 0.0918. The average Bonchev–Trinajstić information content (AvgIpc) is 2.51. The number of amides is 1. The highest BCUT2D eigenvalue weighted by Gasteiger charge is 2.19. The van der Waals surface area contributed by atoms with Crippen LogP contribution in [0.15, 0.2) is 30.9 Å². The van der Waals surface area contributed by atoms with Crippen LogP contribution in [-0.4, -0.2) is 36.2 Å². The molecule has 2 rings (SSSR count). The summed E-state index contributed by atoms with van der Waals surface area (Å²) in [5.74, 6) is -0.117. The van der Waals surface area contributed by atoms with Crippen molar-refractivity contribution >= 4 is 11.9 Å². The molecule has 1 aromatic carbocycles. The Morgan fingerprint density at radius 3 is 2.73 bits per heavy atom. The number of fused-ring (bicyclic) bond motifs is 1. The van der Waals surface area contributed by atoms with E-state index in [0.717, 1.165) is 5.56 Å². The summed E-state index contributed by atoms with van der Waals surface area (Å²) in [5.41, 5.74) is 0.745. The van der Waals surface area contributed by atoms with Crippen LogP contribution in [0, 0.1) is 0 Å². The third kappa shape index (κ3) is 4.25. The third-order valence-corrected chi connectivity index (χ3v) is 3.26. The van der Waals surface area contributed by atoms with E-state index in [1.807, 2.05) is 0 Å². The zero-order valence-corrected chi connectivity index (χ0v) is 12.2. The predicted octanol–water partition coefficient (Wildman–Crippen LogP) is 1.54. The molecule has 1 aliphatic heterocycles. The van der Waals surface area contributed by atoms with Gasteiger partial charge in [0.15, 0.2) is 11.5 Å². The predicted molar refractivity (Wildman–Crippen MR) is 80.1 cm³/mol. The number of hydrogen-bond donors (Lipinski definition) is 2. The van der Waals surface area contributed by atoms with Crippen molar-refractivity contribution in [3.05, 3.63) is 36.4 Å². The molecule has 0 bridgehead atoms. The maximum atomic E-state index is 12.0. The van der Waals surface area contributed by atoms with Gasteiger partial charge in [0.25, 0.3) is 0 Å². The van der Waals surface area contributed by atoms with Crippen LogP contribution in [0.1, 0.15) is 18.4 Å². The van der Waals surface area contributed by atoms with Gasteiger partial charge >= 0.3 is 5.97 Å². The standard InChI is InChI=1S/C16H19NO5/c1-2-3-4-12(16(19)20)17-15(18)10-11-5-6-13-14(9-11)22-8-7-21-13/h2,5-6,9,12H,1,3-4,7-8,10H2,(H,17,18)(H,19,20). The molecule has 0 spiro atoms. The van der Waals surface area contributed by atoms with Crippen LogP contribution >= 0.6 is 0 Å². The van der Waals surface area contributed by atoms with Crippen molar-refractivity contribution < 1.29 is 24.2 Å². The van der Waals surface area contributed by atoms with E-state index in [4.69, 9.17) is 14.6 Å². The molecule has 1 unspecified atom stereocenters. The summed E-state index contributed by atoms with van der Waals surface area (Å²) in [6.07, 6.45) is 2.57. The summed E-state index contributed by atoms with van der Waals surface area (Å²) in [6.45, 7) is 4.54. The zero-order valence-electron chi connectivity index (χ0n) is 12.2. The van der Waals surface area contributed by atoms with Gasteiger partial charge in [0.1, 0.15) is 19.3 Å². The van der Waals surface area contributed by atoms with Crippen LogP contribution in [-0.2, 0) is 16.0 Å². The number of aliphatic carboxylic acids is 1. The molecule has 2 N–H and O–H groups in total. The van der Waals surface area contributed by atoms with Crippen molar-refractivity contribution in [1.29, 1.82) is 0 Å². The lowest BCUT2D eigenvalue weighted by Crippen LogP contribution is -2.41. The van der Waals surface area contributed by atoms with E-state index in [1.54, 1.807) is 24.3 Å². The summed E-state index contributed by atoms with van der Waals surface area (Å²) in [4.78, 5) is 23.1. The lowest BCUT2D eigenvalue weighted by Gasteiger charge is -2.19. The Hall–Kier alpha value is -2.50. The van der Waals surface area contributed by atoms with E-state index >= 15 is 0 Å². The van der Waals surface area contributed by atoms with Crippen molar-refractivity contribution in [1.82, 2.24) is 5.32 Å². The van der Waals surface area contributed by atoms with Gasteiger partial charge < -0.3 is 19.9 Å². The molecular formula is C16H19NO5. The second-order valence-electron chi connectivity index (χ2n) is 4.98. The number of carbonyl (C=O) groups is 2. The van der Waals surface area contributed by atoms with E-state index in [1.165, 1.54) is 0 Å². The van der Waals surface area contributed by atoms with Gasteiger partial charge in [0, 0.05) is 0 Å². The number of rotatable bonds is 7. The number of hydrogen-bond acceptors (Lipinski definition) is 4. The van der Waals surface area contributed by atoms with Gasteiger partial charge in [0.2, 0.25) is 5.91 Å². The van der Waals surface area contributed by atoms with Gasteiger partial charge in [0.05, 0.1) is 6.42 Å². The van der Waals surface area contributed by atoms with Crippen molar-refractivity contribution in [3.8, 4) is 11.5 Å². The largest absolute Gasteiger partial charge is 0.486 e. The highest BCUT2D eigenvalue weighted by molar-refractivity contribution is 5.84. The van der Waals surface area contributed by atoms with Crippen LogP contribution < -0.4 is 14.8 Å². The van der Waals surface area contributed by atoms with Crippen LogP contribution in [0.25, 0.3) is 0 Å². The molecule has 1 atom stereocenters. The van der Waals surface area contributed by atoms with Crippen LogP contribution in [0.4, 0.5) is 0 Å². The number of benzene rings is 1. The summed E-state index contributed by atoms with van der Waals surface area (Å²) in [6, 6.07) is 4.37. The summed E-state index contributed by atoms with van der Waals surface area (Å²) >= 11 is 0. The van der Waals surface area contributed by atoms with Gasteiger partial charge in [-0.05, 0) is 30.5 Å². The second kappa shape index (κ2) is 7.49. The molecule has 22 heavy (non-hydrogen) atoms. The fraction of sp³-hybridized carbons (Fsp3) is 0.375. The van der Waals surface area contributed by atoms with E-state index in [2.05, 4.69) is 11.9 Å². The Kier molecular flexibility index (Phi) is 5.41. The van der Waals surface area contributed by atoms with E-state index in [-0.39, 0.29) is 12.3 Å². The van der Waals surface area contributed by atoms with Gasteiger partial charge in [-0.25, -0.2) is 4.79 Å². The highest BCUT2D eigenvalue weighted by atomic mass is 16.6. The number of allylic oxidation sites excluding steroid dienone is 1. The minimum atomic E-state index is -1.04. The van der Waals surface area contributed by atoms with Crippen molar-refractivity contribution in [3.63, 3.8) is 0 Å². The number of ether oxygens (including phenoxy) is 2. The zero-order chi connectivity index (χ0) is 15.9. The fourth-order valence-electron chi connectivity index (χ4n) is 2.17. The molecule has 0 saturated carbocycles. The van der Waals surface area contributed by atoms with E-state index in [9.17, 15) is 9.59 Å². The topological polar surface area (TPSA) is 84.9 Å².